The van der Waals surface area contributed by atoms with Gasteiger partial charge in [0.25, 0.3) is 0 Å². The lowest BCUT2D eigenvalue weighted by molar-refractivity contribution is -0.131. The van der Waals surface area contributed by atoms with E-state index in [4.69, 9.17) is 4.74 Å². The van der Waals surface area contributed by atoms with E-state index >= 15 is 0 Å². The molecule has 0 saturated carbocycles. The number of ether oxygens (including phenoxy) is 1. The van der Waals surface area contributed by atoms with Gasteiger partial charge < -0.3 is 9.64 Å². The largest absolute Gasteiger partial charge is 0.380 e. The number of benzene rings is 1. The van der Waals surface area contributed by atoms with Crippen LogP contribution < -0.4 is 5.32 Å². The Morgan fingerprint density at radius 2 is 2.05 bits per heavy atom. The number of rotatable bonds is 7. The van der Waals surface area contributed by atoms with E-state index in [1.165, 1.54) is 0 Å². The Bertz CT molecular complexity index is 449. The number of amides is 1. The second-order valence-electron chi connectivity index (χ2n) is 5.71. The molecule has 1 aliphatic rings. The molecule has 1 amide bonds. The molecule has 21 heavy (non-hydrogen) atoms. The third-order valence-corrected chi connectivity index (χ3v) is 4.07. The van der Waals surface area contributed by atoms with E-state index in [0.717, 1.165) is 24.8 Å². The van der Waals surface area contributed by atoms with Crippen LogP contribution in [0.25, 0.3) is 0 Å². The quantitative estimate of drug-likeness (QED) is 0.839. The maximum absolute atomic E-state index is 12.7. The molecular weight excluding hydrogens is 264 g/mol. The second kappa shape index (κ2) is 7.57. The van der Waals surface area contributed by atoms with Crippen LogP contribution in [0.15, 0.2) is 30.3 Å². The summed E-state index contributed by atoms with van der Waals surface area (Å²) < 4.78 is 5.34. The van der Waals surface area contributed by atoms with Gasteiger partial charge in [-0.1, -0.05) is 50.1 Å². The third-order valence-electron chi connectivity index (χ3n) is 4.07. The molecule has 1 saturated heterocycles. The highest BCUT2D eigenvalue weighted by molar-refractivity contribution is 5.84. The maximum Gasteiger partial charge on any atom is 0.241 e. The van der Waals surface area contributed by atoms with E-state index < -0.39 is 0 Å². The minimum atomic E-state index is -0.0702. The number of hydrogen-bond acceptors (Lipinski definition) is 3. The summed E-state index contributed by atoms with van der Waals surface area (Å²) in [7, 11) is 1.69. The Morgan fingerprint density at radius 1 is 1.33 bits per heavy atom. The Labute approximate surface area is 127 Å². The molecule has 0 radical (unpaired) electrons. The van der Waals surface area contributed by atoms with Crippen molar-refractivity contribution < 1.29 is 9.53 Å². The number of nitrogens with zero attached hydrogens (tertiary/aromatic N) is 1. The first-order valence-electron chi connectivity index (χ1n) is 7.81. The molecular formula is C17H26N2O2. The molecule has 1 fully saturated rings. The summed E-state index contributed by atoms with van der Waals surface area (Å²) in [5, 5.41) is 3.49. The van der Waals surface area contributed by atoms with Crippen LogP contribution in [0, 0.1) is 0 Å². The fraction of sp³-hybridized carbons (Fsp3) is 0.588. The highest BCUT2D eigenvalue weighted by atomic mass is 16.5. The summed E-state index contributed by atoms with van der Waals surface area (Å²) in [5.41, 5.74) is 1.13. The molecule has 1 aromatic carbocycles. The van der Waals surface area contributed by atoms with Crippen molar-refractivity contribution in [2.75, 3.05) is 13.7 Å². The Balaban J connectivity index is 2.17. The van der Waals surface area contributed by atoms with Gasteiger partial charge in [-0.2, -0.15) is 0 Å². The highest BCUT2D eigenvalue weighted by Gasteiger charge is 2.39. The molecule has 116 valence electrons. The zero-order chi connectivity index (χ0) is 15.2. The predicted molar refractivity (Wildman–Crippen MR) is 83.8 cm³/mol. The van der Waals surface area contributed by atoms with Crippen LogP contribution in [-0.4, -0.2) is 36.6 Å². The van der Waals surface area contributed by atoms with Crippen LogP contribution in [0.5, 0.6) is 0 Å². The van der Waals surface area contributed by atoms with E-state index in [2.05, 4.69) is 24.4 Å². The summed E-state index contributed by atoms with van der Waals surface area (Å²) in [5.74, 6) is 0.196. The molecule has 1 heterocycles. The standard InChI is InChI=1S/C17H26N2O2/c1-4-5-11-15-17(20)19(12-13(2)21-3)16(18-15)14-9-7-6-8-10-14/h6-10,13,15-16,18H,4-5,11-12H2,1-3H3. The Hall–Kier alpha value is -1.39. The zero-order valence-corrected chi connectivity index (χ0v) is 13.2. The van der Waals surface area contributed by atoms with Crippen molar-refractivity contribution in [1.29, 1.82) is 0 Å². The molecule has 3 atom stereocenters. The number of methoxy groups -OCH3 is 1. The summed E-state index contributed by atoms with van der Waals surface area (Å²) in [6, 6.07) is 10.1. The number of hydrogen-bond donors (Lipinski definition) is 1. The van der Waals surface area contributed by atoms with Gasteiger partial charge in [0.15, 0.2) is 0 Å². The van der Waals surface area contributed by atoms with Gasteiger partial charge in [0, 0.05) is 13.7 Å². The molecule has 4 nitrogen and oxygen atoms in total. The number of unbranched alkanes of at least 4 members (excludes halogenated alkanes) is 1. The van der Waals surface area contributed by atoms with Crippen molar-refractivity contribution in [2.24, 2.45) is 0 Å². The van der Waals surface area contributed by atoms with E-state index in [0.29, 0.717) is 6.54 Å². The number of carbonyl (C=O) groups excluding carboxylic acids is 1. The average Bonchev–Trinajstić information content (AvgIpc) is 2.82. The van der Waals surface area contributed by atoms with Gasteiger partial charge in [0.2, 0.25) is 5.91 Å². The minimum absolute atomic E-state index is 0.0342. The smallest absolute Gasteiger partial charge is 0.241 e. The van der Waals surface area contributed by atoms with E-state index in [9.17, 15) is 4.79 Å². The lowest BCUT2D eigenvalue weighted by Crippen LogP contribution is -2.37. The molecule has 0 bridgehead atoms. The van der Waals surface area contributed by atoms with Crippen molar-refractivity contribution in [3.63, 3.8) is 0 Å². The monoisotopic (exact) mass is 290 g/mol. The van der Waals surface area contributed by atoms with E-state index in [1.54, 1.807) is 7.11 Å². The van der Waals surface area contributed by atoms with Gasteiger partial charge >= 0.3 is 0 Å². The fourth-order valence-electron chi connectivity index (χ4n) is 2.75. The maximum atomic E-state index is 12.7. The molecule has 3 unspecified atom stereocenters. The van der Waals surface area contributed by atoms with Crippen LogP contribution in [0.3, 0.4) is 0 Å². The van der Waals surface area contributed by atoms with Crippen molar-refractivity contribution in [3.05, 3.63) is 35.9 Å². The minimum Gasteiger partial charge on any atom is -0.380 e. The summed E-state index contributed by atoms with van der Waals surface area (Å²) in [6.07, 6.45) is 3.07. The first-order valence-corrected chi connectivity index (χ1v) is 7.81. The third kappa shape index (κ3) is 3.83. The van der Waals surface area contributed by atoms with Gasteiger partial charge in [0.1, 0.15) is 6.17 Å². The predicted octanol–water partition coefficient (Wildman–Crippen LogP) is 2.71. The van der Waals surface area contributed by atoms with Crippen molar-refractivity contribution >= 4 is 5.91 Å². The zero-order valence-electron chi connectivity index (χ0n) is 13.2. The van der Waals surface area contributed by atoms with Crippen LogP contribution in [0.2, 0.25) is 0 Å². The first kappa shape index (κ1) is 16.0. The molecule has 1 aromatic rings. The molecule has 0 aliphatic carbocycles. The Morgan fingerprint density at radius 3 is 2.67 bits per heavy atom. The van der Waals surface area contributed by atoms with Crippen molar-refractivity contribution in [2.45, 2.75) is 51.4 Å². The highest BCUT2D eigenvalue weighted by Crippen LogP contribution is 2.27. The van der Waals surface area contributed by atoms with Gasteiger partial charge in [-0.15, -0.1) is 0 Å². The molecule has 4 heteroatoms. The van der Waals surface area contributed by atoms with Crippen molar-refractivity contribution in [3.8, 4) is 0 Å². The normalized spacial score (nSPS) is 23.6. The van der Waals surface area contributed by atoms with Crippen LogP contribution in [0.4, 0.5) is 0 Å². The van der Waals surface area contributed by atoms with Gasteiger partial charge in [-0.05, 0) is 18.9 Å². The topological polar surface area (TPSA) is 41.6 Å². The van der Waals surface area contributed by atoms with E-state index in [-0.39, 0.29) is 24.2 Å². The summed E-state index contributed by atoms with van der Waals surface area (Å²) >= 11 is 0. The average molecular weight is 290 g/mol. The van der Waals surface area contributed by atoms with Crippen molar-refractivity contribution in [1.82, 2.24) is 10.2 Å². The first-order chi connectivity index (χ1) is 10.2. The molecule has 0 spiro atoms. The molecule has 1 aliphatic heterocycles. The van der Waals surface area contributed by atoms with E-state index in [1.807, 2.05) is 30.0 Å². The SMILES string of the molecule is CCCCC1NC(c2ccccc2)N(CC(C)OC)C1=O. The number of carbonyl (C=O) groups is 1. The van der Waals surface area contributed by atoms with Crippen LogP contribution >= 0.6 is 0 Å². The fourth-order valence-corrected chi connectivity index (χ4v) is 2.75. The van der Waals surface area contributed by atoms with Gasteiger partial charge in [-0.3, -0.25) is 10.1 Å². The van der Waals surface area contributed by atoms with Crippen LogP contribution in [-0.2, 0) is 9.53 Å². The van der Waals surface area contributed by atoms with Gasteiger partial charge in [-0.25, -0.2) is 0 Å². The molecule has 2 rings (SSSR count). The second-order valence-corrected chi connectivity index (χ2v) is 5.71. The Kier molecular flexibility index (Phi) is 5.76. The lowest BCUT2D eigenvalue weighted by atomic mass is 10.1. The molecule has 1 N–H and O–H groups in total. The van der Waals surface area contributed by atoms with Crippen LogP contribution in [0.1, 0.15) is 44.8 Å². The molecule has 0 aromatic heterocycles. The van der Waals surface area contributed by atoms with Gasteiger partial charge in [0.05, 0.1) is 12.1 Å². The summed E-state index contributed by atoms with van der Waals surface area (Å²) in [6.45, 7) is 4.76. The lowest BCUT2D eigenvalue weighted by Gasteiger charge is -2.26. The summed E-state index contributed by atoms with van der Waals surface area (Å²) in [4.78, 5) is 14.6. The number of nitrogens with one attached hydrogen (secondary N) is 1.